The quantitative estimate of drug-likeness (QED) is 0.875. The zero-order valence-electron chi connectivity index (χ0n) is 9.61. The van der Waals surface area contributed by atoms with E-state index in [4.69, 9.17) is 15.2 Å². The second kappa shape index (κ2) is 5.45. The summed E-state index contributed by atoms with van der Waals surface area (Å²) >= 11 is 3.30. The van der Waals surface area contributed by atoms with Gasteiger partial charge in [-0.1, -0.05) is 0 Å². The zero-order valence-corrected chi connectivity index (χ0v) is 11.2. The minimum absolute atomic E-state index is 0.0791. The summed E-state index contributed by atoms with van der Waals surface area (Å²) in [6, 6.07) is 1.51. The number of fused-ring (bicyclic) bond motifs is 1. The smallest absolute Gasteiger partial charge is 0.178 e. The topological polar surface area (TPSA) is 70.3 Å². The van der Waals surface area contributed by atoms with E-state index in [1.165, 1.54) is 12.4 Å². The van der Waals surface area contributed by atoms with E-state index in [-0.39, 0.29) is 23.6 Å². The average molecular weight is 316 g/mol. The molecule has 0 aliphatic rings. The Bertz CT molecular complexity index is 580. The predicted octanol–water partition coefficient (Wildman–Crippen LogP) is 2.14. The Kier molecular flexibility index (Phi) is 3.93. The third kappa shape index (κ3) is 2.37. The summed E-state index contributed by atoms with van der Waals surface area (Å²) in [4.78, 5) is 7.75. The van der Waals surface area contributed by atoms with Gasteiger partial charge in [-0.3, -0.25) is 0 Å². The van der Waals surface area contributed by atoms with Gasteiger partial charge in [0.2, 0.25) is 0 Å². The van der Waals surface area contributed by atoms with Gasteiger partial charge in [0.25, 0.3) is 0 Å². The van der Waals surface area contributed by atoms with Gasteiger partial charge >= 0.3 is 0 Å². The van der Waals surface area contributed by atoms with Crippen molar-refractivity contribution in [3.8, 4) is 5.75 Å². The van der Waals surface area contributed by atoms with Crippen molar-refractivity contribution in [3.63, 3.8) is 0 Å². The van der Waals surface area contributed by atoms with E-state index in [2.05, 4.69) is 25.9 Å². The van der Waals surface area contributed by atoms with Crippen LogP contribution in [0.25, 0.3) is 10.9 Å². The highest BCUT2D eigenvalue weighted by Gasteiger charge is 2.16. The lowest BCUT2D eigenvalue weighted by molar-refractivity contribution is 0.144. The first-order valence-electron chi connectivity index (χ1n) is 5.15. The van der Waals surface area contributed by atoms with E-state index in [0.717, 1.165) is 0 Å². The standard InChI is InChI=1S/C11H11BrFN3O2/c1-17-2-3-18-7-4-6(12)10-8(9(7)13)11(14)16-5-15-10/h4-5H,2-3H2,1H3,(H2,14,15,16). The SMILES string of the molecule is COCCOc1cc(Br)c2ncnc(N)c2c1F. The Morgan fingerprint density at radius 3 is 2.89 bits per heavy atom. The fraction of sp³-hybridized carbons (Fsp3) is 0.273. The lowest BCUT2D eigenvalue weighted by atomic mass is 10.2. The lowest BCUT2D eigenvalue weighted by Gasteiger charge is -2.10. The fourth-order valence-corrected chi connectivity index (χ4v) is 2.02. The molecule has 0 fully saturated rings. The van der Waals surface area contributed by atoms with Gasteiger partial charge in [-0.2, -0.15) is 0 Å². The van der Waals surface area contributed by atoms with Gasteiger partial charge in [-0.15, -0.1) is 0 Å². The van der Waals surface area contributed by atoms with Crippen LogP contribution in [-0.4, -0.2) is 30.3 Å². The number of halogens is 2. The molecule has 1 aromatic carbocycles. The van der Waals surface area contributed by atoms with Gasteiger partial charge in [0.05, 0.1) is 17.5 Å². The Hall–Kier alpha value is -1.47. The Labute approximate surface area is 111 Å². The summed E-state index contributed by atoms with van der Waals surface area (Å²) in [6.45, 7) is 0.620. The van der Waals surface area contributed by atoms with Crippen molar-refractivity contribution in [3.05, 3.63) is 22.7 Å². The number of rotatable bonds is 4. The molecule has 2 rings (SSSR count). The zero-order chi connectivity index (χ0) is 13.1. The highest BCUT2D eigenvalue weighted by molar-refractivity contribution is 9.10. The van der Waals surface area contributed by atoms with Crippen molar-refractivity contribution < 1.29 is 13.9 Å². The van der Waals surface area contributed by atoms with Crippen molar-refractivity contribution >= 4 is 32.7 Å². The second-order valence-electron chi connectivity index (χ2n) is 3.49. The summed E-state index contributed by atoms with van der Waals surface area (Å²) in [7, 11) is 1.54. The first-order chi connectivity index (χ1) is 8.65. The van der Waals surface area contributed by atoms with Gasteiger partial charge in [0, 0.05) is 11.6 Å². The van der Waals surface area contributed by atoms with E-state index >= 15 is 0 Å². The number of anilines is 1. The molecule has 0 aliphatic heterocycles. The molecule has 2 N–H and O–H groups in total. The van der Waals surface area contributed by atoms with Crippen LogP contribution in [-0.2, 0) is 4.74 Å². The molecular formula is C11H11BrFN3O2. The van der Waals surface area contributed by atoms with Crippen molar-refractivity contribution in [1.29, 1.82) is 0 Å². The number of hydrogen-bond acceptors (Lipinski definition) is 5. The largest absolute Gasteiger partial charge is 0.488 e. The van der Waals surface area contributed by atoms with E-state index in [9.17, 15) is 4.39 Å². The van der Waals surface area contributed by atoms with Crippen LogP contribution in [0.2, 0.25) is 0 Å². The van der Waals surface area contributed by atoms with Crippen molar-refractivity contribution in [2.24, 2.45) is 0 Å². The molecule has 1 heterocycles. The minimum atomic E-state index is -0.567. The molecular weight excluding hydrogens is 305 g/mol. The molecule has 0 unspecified atom stereocenters. The molecule has 0 atom stereocenters. The van der Waals surface area contributed by atoms with Crippen LogP contribution in [0.5, 0.6) is 5.75 Å². The highest BCUT2D eigenvalue weighted by Crippen LogP contribution is 2.33. The van der Waals surface area contributed by atoms with Gasteiger partial charge in [-0.05, 0) is 22.0 Å². The van der Waals surface area contributed by atoms with Crippen LogP contribution in [0, 0.1) is 5.82 Å². The van der Waals surface area contributed by atoms with E-state index in [0.29, 0.717) is 16.6 Å². The third-order valence-electron chi connectivity index (χ3n) is 2.34. The van der Waals surface area contributed by atoms with Crippen LogP contribution in [0.4, 0.5) is 10.2 Å². The molecule has 0 bridgehead atoms. The number of benzene rings is 1. The molecule has 1 aromatic heterocycles. The van der Waals surface area contributed by atoms with Crippen LogP contribution in [0.15, 0.2) is 16.9 Å². The number of methoxy groups -OCH3 is 1. The summed E-state index contributed by atoms with van der Waals surface area (Å²) in [5.41, 5.74) is 6.07. The molecule has 18 heavy (non-hydrogen) atoms. The maximum absolute atomic E-state index is 14.2. The van der Waals surface area contributed by atoms with Crippen LogP contribution in [0.3, 0.4) is 0 Å². The highest BCUT2D eigenvalue weighted by atomic mass is 79.9. The number of nitrogens with zero attached hydrogens (tertiary/aromatic N) is 2. The molecule has 0 amide bonds. The van der Waals surface area contributed by atoms with Gasteiger partial charge in [-0.25, -0.2) is 14.4 Å². The molecule has 0 saturated carbocycles. The molecule has 0 saturated heterocycles. The Balaban J connectivity index is 2.50. The molecule has 2 aromatic rings. The number of aromatic nitrogens is 2. The second-order valence-corrected chi connectivity index (χ2v) is 4.35. The Morgan fingerprint density at radius 2 is 2.17 bits per heavy atom. The molecule has 96 valence electrons. The van der Waals surface area contributed by atoms with Gasteiger partial charge in [0.15, 0.2) is 11.6 Å². The van der Waals surface area contributed by atoms with E-state index in [1.54, 1.807) is 7.11 Å². The number of nitrogens with two attached hydrogens (primary N) is 1. The average Bonchev–Trinajstić information content (AvgIpc) is 2.35. The summed E-state index contributed by atoms with van der Waals surface area (Å²) in [5, 5.41) is 0.152. The van der Waals surface area contributed by atoms with Crippen molar-refractivity contribution in [2.75, 3.05) is 26.1 Å². The van der Waals surface area contributed by atoms with Crippen LogP contribution < -0.4 is 10.5 Å². The number of hydrogen-bond donors (Lipinski definition) is 1. The van der Waals surface area contributed by atoms with Gasteiger partial charge < -0.3 is 15.2 Å². The number of ether oxygens (including phenoxy) is 2. The Morgan fingerprint density at radius 1 is 1.39 bits per heavy atom. The summed E-state index contributed by atoms with van der Waals surface area (Å²) in [5.74, 6) is -0.397. The minimum Gasteiger partial charge on any atom is -0.488 e. The number of nitrogen functional groups attached to an aromatic ring is 1. The lowest BCUT2D eigenvalue weighted by Crippen LogP contribution is -2.06. The first-order valence-corrected chi connectivity index (χ1v) is 5.94. The van der Waals surface area contributed by atoms with Crippen molar-refractivity contribution in [2.45, 2.75) is 0 Å². The van der Waals surface area contributed by atoms with E-state index in [1.807, 2.05) is 0 Å². The van der Waals surface area contributed by atoms with Gasteiger partial charge in [0.1, 0.15) is 18.8 Å². The molecule has 5 nitrogen and oxygen atoms in total. The third-order valence-corrected chi connectivity index (χ3v) is 2.95. The molecule has 0 spiro atoms. The molecule has 7 heteroatoms. The molecule has 0 radical (unpaired) electrons. The van der Waals surface area contributed by atoms with E-state index < -0.39 is 5.82 Å². The van der Waals surface area contributed by atoms with Crippen LogP contribution in [0.1, 0.15) is 0 Å². The summed E-state index contributed by atoms with van der Waals surface area (Å²) in [6.07, 6.45) is 1.29. The van der Waals surface area contributed by atoms with Crippen molar-refractivity contribution in [1.82, 2.24) is 9.97 Å². The predicted molar refractivity (Wildman–Crippen MR) is 69.0 cm³/mol. The fourth-order valence-electron chi connectivity index (χ4n) is 1.51. The normalized spacial score (nSPS) is 10.8. The maximum atomic E-state index is 14.2. The molecule has 0 aliphatic carbocycles. The summed E-state index contributed by atoms with van der Waals surface area (Å²) < 4.78 is 24.9. The monoisotopic (exact) mass is 315 g/mol. The maximum Gasteiger partial charge on any atom is 0.178 e. The first kappa shape index (κ1) is 13.0. The van der Waals surface area contributed by atoms with Crippen LogP contribution >= 0.6 is 15.9 Å².